The van der Waals surface area contributed by atoms with Gasteiger partial charge in [-0.3, -0.25) is 0 Å². The highest BCUT2D eigenvalue weighted by molar-refractivity contribution is 5.04. The minimum absolute atomic E-state index is 0.0903. The summed E-state index contributed by atoms with van der Waals surface area (Å²) in [6.07, 6.45) is 3.73. The zero-order chi connectivity index (χ0) is 10.8. The van der Waals surface area contributed by atoms with Crippen molar-refractivity contribution < 1.29 is 4.74 Å². The van der Waals surface area contributed by atoms with E-state index in [0.29, 0.717) is 0 Å². The molecule has 0 aliphatic carbocycles. The second kappa shape index (κ2) is 4.11. The van der Waals surface area contributed by atoms with Crippen LogP contribution < -0.4 is 5.32 Å². The van der Waals surface area contributed by atoms with Gasteiger partial charge in [-0.1, -0.05) is 0 Å². The van der Waals surface area contributed by atoms with E-state index < -0.39 is 0 Å². The summed E-state index contributed by atoms with van der Waals surface area (Å²) < 4.78 is 7.46. The van der Waals surface area contributed by atoms with Crippen molar-refractivity contribution in [1.29, 1.82) is 0 Å². The Balaban J connectivity index is 2.99. The molecule has 1 N–H and O–H groups in total. The van der Waals surface area contributed by atoms with Gasteiger partial charge in [0.15, 0.2) is 0 Å². The van der Waals surface area contributed by atoms with Crippen LogP contribution in [0, 0.1) is 0 Å². The number of aryl methyl sites for hydroxylation is 1. The van der Waals surface area contributed by atoms with Gasteiger partial charge in [-0.05, 0) is 20.9 Å². The lowest BCUT2D eigenvalue weighted by atomic mass is 9.98. The number of ether oxygens (including phenoxy) is 1. The average Bonchev–Trinajstić information content (AvgIpc) is 2.53. The molecule has 14 heavy (non-hydrogen) atoms. The van der Waals surface area contributed by atoms with Crippen LogP contribution in [-0.4, -0.2) is 29.3 Å². The fourth-order valence-corrected chi connectivity index (χ4v) is 1.56. The molecule has 0 aromatic carbocycles. The Morgan fingerprint density at radius 1 is 1.57 bits per heavy atom. The normalized spacial score (nSPS) is 14.4. The van der Waals surface area contributed by atoms with Crippen LogP contribution in [-0.2, 0) is 11.8 Å². The van der Waals surface area contributed by atoms with Gasteiger partial charge in [0, 0.05) is 26.6 Å². The molecule has 0 spiro atoms. The second-order valence-electron chi connectivity index (χ2n) is 3.93. The summed E-state index contributed by atoms with van der Waals surface area (Å²) in [6.45, 7) is 4.09. The van der Waals surface area contributed by atoms with Crippen LogP contribution in [0.4, 0.5) is 0 Å². The largest absolute Gasteiger partial charge is 0.377 e. The van der Waals surface area contributed by atoms with Crippen molar-refractivity contribution in [3.63, 3.8) is 0 Å². The molecule has 0 aliphatic heterocycles. The summed E-state index contributed by atoms with van der Waals surface area (Å²) in [5.74, 6) is 0.986. The van der Waals surface area contributed by atoms with Crippen LogP contribution in [0.2, 0.25) is 0 Å². The van der Waals surface area contributed by atoms with E-state index in [-0.39, 0.29) is 11.6 Å². The Labute approximate surface area is 85.3 Å². The molecule has 1 unspecified atom stereocenters. The lowest BCUT2D eigenvalue weighted by molar-refractivity contribution is -0.0121. The molecule has 1 aromatic heterocycles. The summed E-state index contributed by atoms with van der Waals surface area (Å²) in [5.41, 5.74) is -0.270. The van der Waals surface area contributed by atoms with Gasteiger partial charge in [0.05, 0.1) is 11.6 Å². The van der Waals surface area contributed by atoms with Crippen LogP contribution in [0.1, 0.15) is 25.7 Å². The highest BCUT2D eigenvalue weighted by atomic mass is 16.5. The maximum absolute atomic E-state index is 5.45. The van der Waals surface area contributed by atoms with Crippen molar-refractivity contribution >= 4 is 0 Å². The number of imidazole rings is 1. The first kappa shape index (κ1) is 11.2. The van der Waals surface area contributed by atoms with Gasteiger partial charge in [-0.25, -0.2) is 4.98 Å². The third kappa shape index (κ3) is 1.96. The summed E-state index contributed by atoms with van der Waals surface area (Å²) in [4.78, 5) is 4.32. The number of hydrogen-bond donors (Lipinski definition) is 1. The van der Waals surface area contributed by atoms with E-state index in [4.69, 9.17) is 4.74 Å². The van der Waals surface area contributed by atoms with Crippen LogP contribution >= 0.6 is 0 Å². The molecule has 0 radical (unpaired) electrons. The Morgan fingerprint density at radius 2 is 2.21 bits per heavy atom. The smallest absolute Gasteiger partial charge is 0.128 e. The molecule has 1 aromatic rings. The SMILES string of the molecule is CNC(c1nccn1C)C(C)(C)OC. The highest BCUT2D eigenvalue weighted by Gasteiger charge is 2.31. The Kier molecular flexibility index (Phi) is 3.29. The molecular weight excluding hydrogens is 178 g/mol. The lowest BCUT2D eigenvalue weighted by Gasteiger charge is -2.32. The number of likely N-dealkylation sites (N-methyl/N-ethyl adjacent to an activating group) is 1. The number of nitrogens with one attached hydrogen (secondary N) is 1. The molecule has 80 valence electrons. The average molecular weight is 197 g/mol. The van der Waals surface area contributed by atoms with E-state index >= 15 is 0 Å². The molecule has 0 bridgehead atoms. The molecule has 0 saturated heterocycles. The Bertz CT molecular complexity index is 293. The van der Waals surface area contributed by atoms with Crippen molar-refractivity contribution in [3.8, 4) is 0 Å². The van der Waals surface area contributed by atoms with E-state index in [2.05, 4.69) is 10.3 Å². The van der Waals surface area contributed by atoms with E-state index in [9.17, 15) is 0 Å². The predicted octanol–water partition coefficient (Wildman–Crippen LogP) is 1.11. The van der Waals surface area contributed by atoms with E-state index in [1.54, 1.807) is 13.3 Å². The van der Waals surface area contributed by atoms with Gasteiger partial charge in [0.1, 0.15) is 5.82 Å². The zero-order valence-electron chi connectivity index (χ0n) is 9.53. The monoisotopic (exact) mass is 197 g/mol. The van der Waals surface area contributed by atoms with Crippen LogP contribution in [0.5, 0.6) is 0 Å². The summed E-state index contributed by atoms with van der Waals surface area (Å²) in [6, 6.07) is 0.0903. The fraction of sp³-hybridized carbons (Fsp3) is 0.700. The van der Waals surface area contributed by atoms with Crippen molar-refractivity contribution in [2.24, 2.45) is 7.05 Å². The third-order valence-corrected chi connectivity index (χ3v) is 2.63. The molecule has 1 heterocycles. The van der Waals surface area contributed by atoms with E-state index in [1.807, 2.05) is 38.7 Å². The van der Waals surface area contributed by atoms with Crippen LogP contribution in [0.25, 0.3) is 0 Å². The summed E-state index contributed by atoms with van der Waals surface area (Å²) in [7, 11) is 5.62. The topological polar surface area (TPSA) is 39.1 Å². The first-order valence-electron chi connectivity index (χ1n) is 4.72. The number of nitrogens with zero attached hydrogens (tertiary/aromatic N) is 2. The molecule has 1 atom stereocenters. The maximum Gasteiger partial charge on any atom is 0.128 e. The first-order valence-corrected chi connectivity index (χ1v) is 4.72. The lowest BCUT2D eigenvalue weighted by Crippen LogP contribution is -2.40. The highest BCUT2D eigenvalue weighted by Crippen LogP contribution is 2.26. The van der Waals surface area contributed by atoms with Gasteiger partial charge >= 0.3 is 0 Å². The van der Waals surface area contributed by atoms with Gasteiger partial charge in [-0.2, -0.15) is 0 Å². The van der Waals surface area contributed by atoms with Crippen molar-refractivity contribution in [2.45, 2.75) is 25.5 Å². The van der Waals surface area contributed by atoms with Gasteiger partial charge in [-0.15, -0.1) is 0 Å². The Hall–Kier alpha value is -0.870. The second-order valence-corrected chi connectivity index (χ2v) is 3.93. The minimum Gasteiger partial charge on any atom is -0.377 e. The number of aromatic nitrogens is 2. The molecule has 0 fully saturated rings. The molecule has 1 rings (SSSR count). The quantitative estimate of drug-likeness (QED) is 0.785. The van der Waals surface area contributed by atoms with Crippen molar-refractivity contribution in [1.82, 2.24) is 14.9 Å². The predicted molar refractivity (Wildman–Crippen MR) is 56.1 cm³/mol. The fourth-order valence-electron chi connectivity index (χ4n) is 1.56. The molecule has 0 amide bonds. The summed E-state index contributed by atoms with van der Waals surface area (Å²) >= 11 is 0. The van der Waals surface area contributed by atoms with E-state index in [1.165, 1.54) is 0 Å². The van der Waals surface area contributed by atoms with Crippen LogP contribution in [0.15, 0.2) is 12.4 Å². The van der Waals surface area contributed by atoms with Crippen molar-refractivity contribution in [3.05, 3.63) is 18.2 Å². The van der Waals surface area contributed by atoms with Gasteiger partial charge in [0.2, 0.25) is 0 Å². The molecule has 0 saturated carbocycles. The first-order chi connectivity index (χ1) is 6.53. The number of rotatable bonds is 4. The number of hydrogen-bond acceptors (Lipinski definition) is 3. The maximum atomic E-state index is 5.45. The molecule has 4 heteroatoms. The zero-order valence-corrected chi connectivity index (χ0v) is 9.53. The Morgan fingerprint density at radius 3 is 2.57 bits per heavy atom. The minimum atomic E-state index is -0.270. The van der Waals surface area contributed by atoms with Gasteiger partial charge < -0.3 is 14.6 Å². The van der Waals surface area contributed by atoms with Crippen molar-refractivity contribution in [2.75, 3.05) is 14.2 Å². The number of methoxy groups -OCH3 is 1. The standard InChI is InChI=1S/C10H19N3O/c1-10(2,14-5)8(11-3)9-12-6-7-13(9)4/h6-8,11H,1-5H3. The van der Waals surface area contributed by atoms with Gasteiger partial charge in [0.25, 0.3) is 0 Å². The van der Waals surface area contributed by atoms with Crippen LogP contribution in [0.3, 0.4) is 0 Å². The molecule has 4 nitrogen and oxygen atoms in total. The molecule has 0 aliphatic rings. The van der Waals surface area contributed by atoms with E-state index in [0.717, 1.165) is 5.82 Å². The molecular formula is C10H19N3O. The summed E-state index contributed by atoms with van der Waals surface area (Å²) in [5, 5.41) is 3.23. The third-order valence-electron chi connectivity index (χ3n) is 2.63.